The zero-order valence-electron chi connectivity index (χ0n) is 14.3. The zero-order valence-corrected chi connectivity index (χ0v) is 15.1. The molecule has 1 atom stereocenters. The maximum Gasteiger partial charge on any atom is 0.243 e. The molecule has 3 rings (SSSR count). The van der Waals surface area contributed by atoms with E-state index < -0.39 is 10.0 Å². The van der Waals surface area contributed by atoms with Crippen molar-refractivity contribution in [3.63, 3.8) is 0 Å². The standard InChI is InChI=1S/C19H23NO3S/c1-14-6-11-18(13-15(14)2)24(21,22)20-12-4-5-19(20)16-7-9-17(23-3)10-8-16/h6-11,13,19H,4-5,12H2,1-3H3/t19-/m0/s1. The summed E-state index contributed by atoms with van der Waals surface area (Å²) >= 11 is 0. The maximum absolute atomic E-state index is 13.1. The lowest BCUT2D eigenvalue weighted by molar-refractivity contribution is 0.394. The number of rotatable bonds is 4. The van der Waals surface area contributed by atoms with Gasteiger partial charge in [0.25, 0.3) is 0 Å². The van der Waals surface area contributed by atoms with Gasteiger partial charge in [-0.1, -0.05) is 18.2 Å². The fraction of sp³-hybridized carbons (Fsp3) is 0.368. The average Bonchev–Trinajstić information content (AvgIpc) is 3.08. The second-order valence-corrected chi connectivity index (χ2v) is 8.18. The Labute approximate surface area is 144 Å². The molecule has 1 aliphatic heterocycles. The Morgan fingerprint density at radius 2 is 1.75 bits per heavy atom. The van der Waals surface area contributed by atoms with Crippen molar-refractivity contribution in [2.75, 3.05) is 13.7 Å². The van der Waals surface area contributed by atoms with Crippen molar-refractivity contribution in [2.45, 2.75) is 37.6 Å². The first-order valence-corrected chi connectivity index (χ1v) is 9.60. The quantitative estimate of drug-likeness (QED) is 0.846. The first-order chi connectivity index (χ1) is 11.4. The summed E-state index contributed by atoms with van der Waals surface area (Å²) in [6.07, 6.45) is 1.72. The number of hydrogen-bond acceptors (Lipinski definition) is 3. The van der Waals surface area contributed by atoms with Crippen molar-refractivity contribution < 1.29 is 13.2 Å². The van der Waals surface area contributed by atoms with E-state index in [1.807, 2.05) is 44.2 Å². The van der Waals surface area contributed by atoms with E-state index in [9.17, 15) is 8.42 Å². The van der Waals surface area contributed by atoms with Crippen molar-refractivity contribution in [3.05, 3.63) is 59.2 Å². The molecule has 5 heteroatoms. The third-order valence-corrected chi connectivity index (χ3v) is 6.69. The number of benzene rings is 2. The van der Waals surface area contributed by atoms with Crippen LogP contribution in [-0.2, 0) is 10.0 Å². The van der Waals surface area contributed by atoms with Crippen LogP contribution in [0.25, 0.3) is 0 Å². The SMILES string of the molecule is COc1ccc([C@@H]2CCCN2S(=O)(=O)c2ccc(C)c(C)c2)cc1. The van der Waals surface area contributed by atoms with Gasteiger partial charge in [0.05, 0.1) is 18.0 Å². The molecule has 0 N–H and O–H groups in total. The molecule has 0 spiro atoms. The monoisotopic (exact) mass is 345 g/mol. The van der Waals surface area contributed by atoms with Crippen molar-refractivity contribution in [1.82, 2.24) is 4.31 Å². The molecular weight excluding hydrogens is 322 g/mol. The Hall–Kier alpha value is -1.85. The first kappa shape index (κ1) is 17.0. The van der Waals surface area contributed by atoms with Crippen LogP contribution in [0.2, 0.25) is 0 Å². The van der Waals surface area contributed by atoms with Crippen LogP contribution in [-0.4, -0.2) is 26.4 Å². The molecule has 1 aliphatic rings. The molecule has 128 valence electrons. The van der Waals surface area contributed by atoms with Gasteiger partial charge < -0.3 is 4.74 Å². The molecule has 1 fully saturated rings. The summed E-state index contributed by atoms with van der Waals surface area (Å²) in [4.78, 5) is 0.381. The smallest absolute Gasteiger partial charge is 0.243 e. The Morgan fingerprint density at radius 3 is 2.38 bits per heavy atom. The van der Waals surface area contributed by atoms with Crippen molar-refractivity contribution in [3.8, 4) is 5.75 Å². The first-order valence-electron chi connectivity index (χ1n) is 8.16. The van der Waals surface area contributed by atoms with E-state index in [4.69, 9.17) is 4.74 Å². The summed E-state index contributed by atoms with van der Waals surface area (Å²) in [5.41, 5.74) is 3.11. The fourth-order valence-electron chi connectivity index (χ4n) is 3.20. The van der Waals surface area contributed by atoms with E-state index in [0.29, 0.717) is 11.4 Å². The Balaban J connectivity index is 1.94. The third-order valence-electron chi connectivity index (χ3n) is 4.79. The summed E-state index contributed by atoms with van der Waals surface area (Å²) in [6, 6.07) is 12.9. The predicted octanol–water partition coefficient (Wildman–Crippen LogP) is 3.84. The van der Waals surface area contributed by atoms with Gasteiger partial charge in [-0.05, 0) is 67.6 Å². The van der Waals surface area contributed by atoms with Crippen LogP contribution in [0.5, 0.6) is 5.75 Å². The molecule has 0 aromatic heterocycles. The van der Waals surface area contributed by atoms with Crippen LogP contribution in [0.3, 0.4) is 0 Å². The van der Waals surface area contributed by atoms with E-state index in [0.717, 1.165) is 35.3 Å². The minimum Gasteiger partial charge on any atom is -0.497 e. The molecule has 1 saturated heterocycles. The van der Waals surface area contributed by atoms with Crippen molar-refractivity contribution >= 4 is 10.0 Å². The summed E-state index contributed by atoms with van der Waals surface area (Å²) in [6.45, 7) is 4.49. The van der Waals surface area contributed by atoms with Crippen LogP contribution < -0.4 is 4.74 Å². The minimum atomic E-state index is -3.49. The van der Waals surface area contributed by atoms with Gasteiger partial charge in [0, 0.05) is 6.54 Å². The average molecular weight is 345 g/mol. The Kier molecular flexibility index (Phi) is 4.65. The molecule has 2 aromatic rings. The second-order valence-electron chi connectivity index (χ2n) is 6.29. The normalized spacial score (nSPS) is 18.7. The maximum atomic E-state index is 13.1. The Morgan fingerprint density at radius 1 is 1.04 bits per heavy atom. The third kappa shape index (κ3) is 3.06. The van der Waals surface area contributed by atoms with Gasteiger partial charge >= 0.3 is 0 Å². The van der Waals surface area contributed by atoms with Crippen LogP contribution in [0.15, 0.2) is 47.4 Å². The highest BCUT2D eigenvalue weighted by atomic mass is 32.2. The summed E-state index contributed by atoms with van der Waals surface area (Å²) < 4.78 is 33.0. The summed E-state index contributed by atoms with van der Waals surface area (Å²) in [5, 5.41) is 0. The Bertz CT molecular complexity index is 828. The van der Waals surface area contributed by atoms with E-state index in [-0.39, 0.29) is 6.04 Å². The van der Waals surface area contributed by atoms with E-state index in [2.05, 4.69) is 0 Å². The van der Waals surface area contributed by atoms with Crippen LogP contribution >= 0.6 is 0 Å². The molecule has 24 heavy (non-hydrogen) atoms. The molecule has 0 unspecified atom stereocenters. The zero-order chi connectivity index (χ0) is 17.3. The second kappa shape index (κ2) is 6.57. The largest absolute Gasteiger partial charge is 0.497 e. The summed E-state index contributed by atoms with van der Waals surface area (Å²) in [5.74, 6) is 0.778. The molecule has 0 saturated carbocycles. The highest BCUT2D eigenvalue weighted by Gasteiger charge is 2.36. The van der Waals surface area contributed by atoms with Gasteiger partial charge in [-0.2, -0.15) is 4.31 Å². The van der Waals surface area contributed by atoms with E-state index in [1.54, 1.807) is 23.5 Å². The van der Waals surface area contributed by atoms with E-state index >= 15 is 0 Å². The molecule has 0 radical (unpaired) electrons. The topological polar surface area (TPSA) is 46.6 Å². The van der Waals surface area contributed by atoms with Crippen molar-refractivity contribution in [2.24, 2.45) is 0 Å². The minimum absolute atomic E-state index is 0.109. The molecule has 2 aromatic carbocycles. The van der Waals surface area contributed by atoms with Gasteiger partial charge in [-0.15, -0.1) is 0 Å². The molecule has 0 aliphatic carbocycles. The van der Waals surface area contributed by atoms with Gasteiger partial charge in [-0.25, -0.2) is 8.42 Å². The fourth-order valence-corrected chi connectivity index (χ4v) is 4.96. The van der Waals surface area contributed by atoms with Crippen LogP contribution in [0, 0.1) is 13.8 Å². The molecule has 1 heterocycles. The van der Waals surface area contributed by atoms with Gasteiger partial charge in [0.1, 0.15) is 5.75 Å². The van der Waals surface area contributed by atoms with Crippen molar-refractivity contribution in [1.29, 1.82) is 0 Å². The van der Waals surface area contributed by atoms with Gasteiger partial charge in [-0.3, -0.25) is 0 Å². The molecule has 0 amide bonds. The molecule has 0 bridgehead atoms. The van der Waals surface area contributed by atoms with E-state index in [1.165, 1.54) is 0 Å². The highest BCUT2D eigenvalue weighted by Crippen LogP contribution is 2.37. The van der Waals surface area contributed by atoms with Crippen LogP contribution in [0.4, 0.5) is 0 Å². The lowest BCUT2D eigenvalue weighted by Crippen LogP contribution is -2.30. The molecule has 4 nitrogen and oxygen atoms in total. The number of methoxy groups -OCH3 is 1. The number of aryl methyl sites for hydroxylation is 2. The lowest BCUT2D eigenvalue weighted by atomic mass is 10.1. The summed E-state index contributed by atoms with van der Waals surface area (Å²) in [7, 11) is -1.86. The lowest BCUT2D eigenvalue weighted by Gasteiger charge is -2.25. The molecular formula is C19H23NO3S. The highest BCUT2D eigenvalue weighted by molar-refractivity contribution is 7.89. The number of ether oxygens (including phenoxy) is 1. The number of hydrogen-bond donors (Lipinski definition) is 0. The van der Waals surface area contributed by atoms with Crippen LogP contribution in [0.1, 0.15) is 35.6 Å². The van der Waals surface area contributed by atoms with Gasteiger partial charge in [0.15, 0.2) is 0 Å². The predicted molar refractivity (Wildman–Crippen MR) is 94.8 cm³/mol. The van der Waals surface area contributed by atoms with Gasteiger partial charge in [0.2, 0.25) is 10.0 Å². The number of sulfonamides is 1. The number of nitrogens with zero attached hydrogens (tertiary/aromatic N) is 1.